The van der Waals surface area contributed by atoms with Crippen molar-refractivity contribution in [3.63, 3.8) is 0 Å². The molecule has 1 aliphatic heterocycles. The highest BCUT2D eigenvalue weighted by Gasteiger charge is 2.41. The molecular weight excluding hydrogens is 293 g/mol. The van der Waals surface area contributed by atoms with Crippen LogP contribution in [0.1, 0.15) is 18.4 Å². The maximum atomic E-state index is 13.5. The van der Waals surface area contributed by atoms with Crippen LogP contribution >= 0.6 is 11.8 Å². The Hall–Kier alpha value is -1.56. The minimum absolute atomic E-state index is 0.0489. The molecule has 1 aliphatic carbocycles. The van der Waals surface area contributed by atoms with Crippen molar-refractivity contribution >= 4 is 23.6 Å². The molecule has 2 aliphatic rings. The number of ether oxygens (including phenoxy) is 1. The summed E-state index contributed by atoms with van der Waals surface area (Å²) in [6.45, 7) is -0.0991. The Morgan fingerprint density at radius 2 is 2.10 bits per heavy atom. The summed E-state index contributed by atoms with van der Waals surface area (Å²) < 4.78 is 18.7. The number of esters is 1. The lowest BCUT2D eigenvalue weighted by Gasteiger charge is -2.22. The summed E-state index contributed by atoms with van der Waals surface area (Å²) >= 11 is 1.55. The molecule has 0 bridgehead atoms. The number of hydrogen-bond donors (Lipinski definition) is 0. The van der Waals surface area contributed by atoms with Crippen LogP contribution in [0.3, 0.4) is 0 Å². The average Bonchev–Trinajstić information content (AvgIpc) is 3.22. The lowest BCUT2D eigenvalue weighted by Crippen LogP contribution is -2.43. The van der Waals surface area contributed by atoms with Crippen molar-refractivity contribution in [2.24, 2.45) is 5.92 Å². The summed E-state index contributed by atoms with van der Waals surface area (Å²) in [7, 11) is 0. The van der Waals surface area contributed by atoms with Crippen molar-refractivity contribution in [3.05, 3.63) is 35.6 Å². The minimum Gasteiger partial charge on any atom is -0.459 e. The molecule has 1 aromatic rings. The lowest BCUT2D eigenvalue weighted by molar-refractivity contribution is -0.154. The van der Waals surface area contributed by atoms with E-state index in [1.54, 1.807) is 34.9 Å². The first-order valence-electron chi connectivity index (χ1n) is 6.95. The third-order valence-corrected chi connectivity index (χ3v) is 4.70. The molecule has 1 saturated heterocycles. The first kappa shape index (κ1) is 14.4. The van der Waals surface area contributed by atoms with E-state index in [4.69, 9.17) is 4.74 Å². The van der Waals surface area contributed by atoms with Crippen LogP contribution in [0.25, 0.3) is 0 Å². The van der Waals surface area contributed by atoms with E-state index in [1.807, 2.05) is 0 Å². The van der Waals surface area contributed by atoms with Crippen LogP contribution in [0.4, 0.5) is 4.39 Å². The topological polar surface area (TPSA) is 46.6 Å². The number of thioether (sulfide) groups is 1. The van der Waals surface area contributed by atoms with Crippen LogP contribution < -0.4 is 0 Å². The monoisotopic (exact) mass is 309 g/mol. The summed E-state index contributed by atoms with van der Waals surface area (Å²) in [5.74, 6) is 0.385. The SMILES string of the molecule is O=C(OCc1ccccc1F)[C@@H]1CSCN1C(=O)C1CC1. The van der Waals surface area contributed by atoms with Gasteiger partial charge in [-0.2, -0.15) is 0 Å². The van der Waals surface area contributed by atoms with Gasteiger partial charge in [-0.15, -0.1) is 11.8 Å². The first-order chi connectivity index (χ1) is 10.2. The standard InChI is InChI=1S/C15H16FNO3S/c16-12-4-2-1-3-11(12)7-20-15(19)13-8-21-9-17(13)14(18)10-5-6-10/h1-4,10,13H,5-9H2/t13-/m0/s1. The average molecular weight is 309 g/mol. The van der Waals surface area contributed by atoms with Gasteiger partial charge in [0, 0.05) is 17.2 Å². The van der Waals surface area contributed by atoms with Crippen molar-refractivity contribution < 1.29 is 18.7 Å². The normalized spacial score (nSPS) is 21.4. The number of carbonyl (C=O) groups is 2. The van der Waals surface area contributed by atoms with E-state index >= 15 is 0 Å². The van der Waals surface area contributed by atoms with Crippen molar-refractivity contribution in [1.29, 1.82) is 0 Å². The molecule has 1 saturated carbocycles. The predicted molar refractivity (Wildman–Crippen MR) is 76.9 cm³/mol. The third-order valence-electron chi connectivity index (χ3n) is 3.69. The quantitative estimate of drug-likeness (QED) is 0.800. The molecule has 1 atom stereocenters. The molecule has 112 valence electrons. The fourth-order valence-electron chi connectivity index (χ4n) is 2.28. The van der Waals surface area contributed by atoms with E-state index < -0.39 is 17.8 Å². The molecule has 0 radical (unpaired) electrons. The molecule has 1 heterocycles. The van der Waals surface area contributed by atoms with Gasteiger partial charge in [0.25, 0.3) is 0 Å². The van der Waals surface area contributed by atoms with Crippen LogP contribution in [0.5, 0.6) is 0 Å². The number of benzene rings is 1. The molecule has 0 spiro atoms. The molecule has 1 amide bonds. The molecule has 4 nitrogen and oxygen atoms in total. The van der Waals surface area contributed by atoms with Gasteiger partial charge in [-0.3, -0.25) is 4.79 Å². The van der Waals surface area contributed by atoms with Gasteiger partial charge in [0.15, 0.2) is 0 Å². The fraction of sp³-hybridized carbons (Fsp3) is 0.467. The third kappa shape index (κ3) is 3.20. The van der Waals surface area contributed by atoms with Gasteiger partial charge >= 0.3 is 5.97 Å². The lowest BCUT2D eigenvalue weighted by atomic mass is 10.2. The molecule has 2 fully saturated rings. The number of nitrogens with zero attached hydrogens (tertiary/aromatic N) is 1. The van der Waals surface area contributed by atoms with Gasteiger partial charge in [-0.05, 0) is 18.9 Å². The summed E-state index contributed by atoms with van der Waals surface area (Å²) in [4.78, 5) is 25.8. The Morgan fingerprint density at radius 3 is 2.81 bits per heavy atom. The second-order valence-electron chi connectivity index (χ2n) is 5.30. The summed E-state index contributed by atoms with van der Waals surface area (Å²) in [5, 5.41) is 0. The zero-order valence-corrected chi connectivity index (χ0v) is 12.3. The van der Waals surface area contributed by atoms with E-state index in [9.17, 15) is 14.0 Å². The molecule has 1 aromatic carbocycles. The number of carbonyl (C=O) groups excluding carboxylic acids is 2. The molecule has 21 heavy (non-hydrogen) atoms. The maximum Gasteiger partial charge on any atom is 0.330 e. The Labute approximate surface area is 126 Å². The largest absolute Gasteiger partial charge is 0.459 e. The molecule has 0 aromatic heterocycles. The smallest absolute Gasteiger partial charge is 0.330 e. The highest BCUT2D eigenvalue weighted by Crippen LogP contribution is 2.34. The Kier molecular flexibility index (Phi) is 4.14. The van der Waals surface area contributed by atoms with Crippen molar-refractivity contribution in [2.45, 2.75) is 25.5 Å². The zero-order valence-electron chi connectivity index (χ0n) is 11.5. The molecule has 6 heteroatoms. The number of hydrogen-bond acceptors (Lipinski definition) is 4. The van der Waals surface area contributed by atoms with E-state index in [0.29, 0.717) is 17.2 Å². The number of rotatable bonds is 4. The van der Waals surface area contributed by atoms with Crippen molar-refractivity contribution in [3.8, 4) is 0 Å². The van der Waals surface area contributed by atoms with Gasteiger partial charge < -0.3 is 9.64 Å². The van der Waals surface area contributed by atoms with Gasteiger partial charge in [0.2, 0.25) is 5.91 Å². The van der Waals surface area contributed by atoms with Crippen LogP contribution in [0, 0.1) is 11.7 Å². The minimum atomic E-state index is -0.533. The molecule has 0 N–H and O–H groups in total. The Morgan fingerprint density at radius 1 is 1.33 bits per heavy atom. The van der Waals surface area contributed by atoms with Gasteiger partial charge in [-0.1, -0.05) is 18.2 Å². The second kappa shape index (κ2) is 6.05. The highest BCUT2D eigenvalue weighted by molar-refractivity contribution is 7.99. The van der Waals surface area contributed by atoms with Crippen molar-refractivity contribution in [2.75, 3.05) is 11.6 Å². The summed E-state index contributed by atoms with van der Waals surface area (Å²) in [6, 6.07) is 5.66. The first-order valence-corrected chi connectivity index (χ1v) is 8.10. The number of amides is 1. The van der Waals surface area contributed by atoms with Crippen molar-refractivity contribution in [1.82, 2.24) is 4.90 Å². The van der Waals surface area contributed by atoms with Crippen LogP contribution in [0.2, 0.25) is 0 Å². The molecule has 3 rings (SSSR count). The van der Waals surface area contributed by atoms with E-state index in [1.165, 1.54) is 6.07 Å². The highest BCUT2D eigenvalue weighted by atomic mass is 32.2. The summed E-state index contributed by atoms with van der Waals surface area (Å²) in [5.41, 5.74) is 0.344. The predicted octanol–water partition coefficient (Wildman–Crippen LogP) is 2.18. The van der Waals surface area contributed by atoms with Gasteiger partial charge in [0.05, 0.1) is 5.88 Å². The molecule has 0 unspecified atom stereocenters. The number of halogens is 1. The Bertz CT molecular complexity index is 562. The summed E-state index contributed by atoms with van der Waals surface area (Å²) in [6.07, 6.45) is 1.83. The van der Waals surface area contributed by atoms with E-state index in [0.717, 1.165) is 12.8 Å². The van der Waals surface area contributed by atoms with Crippen LogP contribution in [-0.4, -0.2) is 34.4 Å². The van der Waals surface area contributed by atoms with Crippen LogP contribution in [0.15, 0.2) is 24.3 Å². The van der Waals surface area contributed by atoms with Gasteiger partial charge in [-0.25, -0.2) is 9.18 Å². The molecular formula is C15H16FNO3S. The van der Waals surface area contributed by atoms with E-state index in [2.05, 4.69) is 0 Å². The Balaban J connectivity index is 1.59. The fourth-order valence-corrected chi connectivity index (χ4v) is 3.43. The van der Waals surface area contributed by atoms with Crippen LogP contribution in [-0.2, 0) is 20.9 Å². The van der Waals surface area contributed by atoms with E-state index in [-0.39, 0.29) is 18.4 Å². The maximum absolute atomic E-state index is 13.5. The zero-order chi connectivity index (χ0) is 14.8. The van der Waals surface area contributed by atoms with Gasteiger partial charge in [0.1, 0.15) is 18.5 Å². The second-order valence-corrected chi connectivity index (χ2v) is 6.30.